The van der Waals surface area contributed by atoms with E-state index in [1.165, 1.54) is 0 Å². The van der Waals surface area contributed by atoms with Crippen molar-refractivity contribution in [2.75, 3.05) is 45.5 Å². The van der Waals surface area contributed by atoms with Crippen LogP contribution in [0.1, 0.15) is 40.0 Å². The topological polar surface area (TPSA) is 60.9 Å². The number of carbonyl (C=O) groups is 1. The third-order valence-electron chi connectivity index (χ3n) is 6.47. The van der Waals surface area contributed by atoms with Crippen LogP contribution in [-0.2, 0) is 14.8 Å². The Balaban J connectivity index is 1.75. The van der Waals surface area contributed by atoms with Gasteiger partial charge in [0.15, 0.2) is 0 Å². The Bertz CT molecular complexity index is 611. The highest BCUT2D eigenvalue weighted by atomic mass is 32.2. The summed E-state index contributed by atoms with van der Waals surface area (Å²) in [5.74, 6) is 1.54. The number of sulfonamides is 1. The van der Waals surface area contributed by atoms with Crippen molar-refractivity contribution in [1.82, 2.24) is 14.1 Å². The van der Waals surface area contributed by atoms with Crippen molar-refractivity contribution in [3.63, 3.8) is 0 Å². The van der Waals surface area contributed by atoms with Gasteiger partial charge in [-0.15, -0.1) is 0 Å². The molecule has 0 radical (unpaired) electrons. The highest BCUT2D eigenvalue weighted by Gasteiger charge is 2.60. The Morgan fingerprint density at radius 1 is 1.20 bits per heavy atom. The van der Waals surface area contributed by atoms with Gasteiger partial charge in [0.1, 0.15) is 0 Å². The maximum atomic E-state index is 12.8. The zero-order chi connectivity index (χ0) is 18.4. The average Bonchev–Trinajstić information content (AvgIpc) is 3.03. The van der Waals surface area contributed by atoms with Crippen LogP contribution in [0, 0.1) is 17.8 Å². The van der Waals surface area contributed by atoms with Crippen molar-refractivity contribution in [1.29, 1.82) is 0 Å². The first-order chi connectivity index (χ1) is 11.7. The van der Waals surface area contributed by atoms with Crippen LogP contribution in [0.15, 0.2) is 0 Å². The fourth-order valence-corrected chi connectivity index (χ4v) is 6.82. The van der Waals surface area contributed by atoms with Gasteiger partial charge in [-0.1, -0.05) is 20.8 Å². The normalized spacial score (nSPS) is 30.6. The molecule has 3 saturated heterocycles. The minimum Gasteiger partial charge on any atom is -0.339 e. The van der Waals surface area contributed by atoms with Gasteiger partial charge in [0.2, 0.25) is 15.9 Å². The number of piperidine rings is 1. The number of fused-ring (bicyclic) bond motifs is 2. The van der Waals surface area contributed by atoms with Gasteiger partial charge in [-0.05, 0) is 25.2 Å². The molecule has 0 aromatic heterocycles. The Labute approximate surface area is 152 Å². The summed E-state index contributed by atoms with van der Waals surface area (Å²) in [6.45, 7) is 10.3. The molecule has 25 heavy (non-hydrogen) atoms. The van der Waals surface area contributed by atoms with Gasteiger partial charge in [0.25, 0.3) is 0 Å². The van der Waals surface area contributed by atoms with E-state index in [1.807, 2.05) is 18.9 Å². The maximum absolute atomic E-state index is 12.8. The minimum atomic E-state index is -3.14. The molecular weight excluding hydrogens is 338 g/mol. The van der Waals surface area contributed by atoms with E-state index in [1.54, 1.807) is 4.31 Å². The first kappa shape index (κ1) is 19.1. The monoisotopic (exact) mass is 371 g/mol. The van der Waals surface area contributed by atoms with E-state index in [0.717, 1.165) is 32.5 Å². The van der Waals surface area contributed by atoms with E-state index in [2.05, 4.69) is 18.7 Å². The molecule has 3 heterocycles. The molecule has 7 heteroatoms. The quantitative estimate of drug-likeness (QED) is 0.729. The second-order valence-corrected chi connectivity index (χ2v) is 10.6. The summed E-state index contributed by atoms with van der Waals surface area (Å²) in [6, 6.07) is 0. The number of hydrogen-bond donors (Lipinski definition) is 0. The Morgan fingerprint density at radius 2 is 1.84 bits per heavy atom. The fraction of sp³-hybridized carbons (Fsp3) is 0.944. The highest BCUT2D eigenvalue weighted by molar-refractivity contribution is 7.89. The van der Waals surface area contributed by atoms with E-state index in [0.29, 0.717) is 31.3 Å². The van der Waals surface area contributed by atoms with Crippen molar-refractivity contribution < 1.29 is 13.2 Å². The molecule has 144 valence electrons. The SMILES string of the molecule is CCCS(=O)(=O)N1CCC2(CC1)[C@H]1CN(CC(C)C)C[C@H]1C(=O)N2C. The predicted molar refractivity (Wildman–Crippen MR) is 98.6 cm³/mol. The summed E-state index contributed by atoms with van der Waals surface area (Å²) in [7, 11) is -1.21. The number of likely N-dealkylation sites (tertiary alicyclic amines) is 2. The van der Waals surface area contributed by atoms with Gasteiger partial charge in [-0.3, -0.25) is 4.79 Å². The van der Waals surface area contributed by atoms with E-state index in [-0.39, 0.29) is 23.1 Å². The van der Waals surface area contributed by atoms with Crippen LogP contribution in [0.5, 0.6) is 0 Å². The van der Waals surface area contributed by atoms with Gasteiger partial charge in [0.05, 0.1) is 11.7 Å². The average molecular weight is 372 g/mol. The molecule has 6 nitrogen and oxygen atoms in total. The summed E-state index contributed by atoms with van der Waals surface area (Å²) in [5, 5.41) is 0. The van der Waals surface area contributed by atoms with Gasteiger partial charge in [-0.25, -0.2) is 12.7 Å². The number of carbonyl (C=O) groups excluding carboxylic acids is 1. The van der Waals surface area contributed by atoms with Crippen LogP contribution in [0.25, 0.3) is 0 Å². The first-order valence-corrected chi connectivity index (χ1v) is 11.3. The molecular formula is C18H33N3O3S. The Morgan fingerprint density at radius 3 is 2.40 bits per heavy atom. The van der Waals surface area contributed by atoms with Crippen molar-refractivity contribution in [2.24, 2.45) is 17.8 Å². The summed E-state index contributed by atoms with van der Waals surface area (Å²) in [4.78, 5) is 17.2. The van der Waals surface area contributed by atoms with E-state index in [9.17, 15) is 13.2 Å². The molecule has 3 rings (SSSR count). The molecule has 0 N–H and O–H groups in total. The zero-order valence-corrected chi connectivity index (χ0v) is 16.9. The molecule has 1 spiro atoms. The third kappa shape index (κ3) is 3.23. The molecule has 0 aromatic rings. The van der Waals surface area contributed by atoms with Crippen LogP contribution in [0.4, 0.5) is 0 Å². The predicted octanol–water partition coefficient (Wildman–Crippen LogP) is 1.24. The smallest absolute Gasteiger partial charge is 0.227 e. The minimum absolute atomic E-state index is 0.0996. The molecule has 0 bridgehead atoms. The second-order valence-electron chi connectivity index (χ2n) is 8.54. The molecule has 3 fully saturated rings. The molecule has 0 aliphatic carbocycles. The van der Waals surface area contributed by atoms with Crippen molar-refractivity contribution >= 4 is 15.9 Å². The molecule has 3 aliphatic rings. The van der Waals surface area contributed by atoms with E-state index < -0.39 is 10.0 Å². The first-order valence-electron chi connectivity index (χ1n) is 9.69. The van der Waals surface area contributed by atoms with Gasteiger partial charge < -0.3 is 9.80 Å². The van der Waals surface area contributed by atoms with Crippen molar-refractivity contribution in [3.05, 3.63) is 0 Å². The lowest BCUT2D eigenvalue weighted by atomic mass is 9.75. The summed E-state index contributed by atoms with van der Waals surface area (Å²) in [5.41, 5.74) is -0.147. The summed E-state index contributed by atoms with van der Waals surface area (Å²) in [6.07, 6.45) is 2.20. The third-order valence-corrected chi connectivity index (χ3v) is 8.54. The highest BCUT2D eigenvalue weighted by Crippen LogP contribution is 2.49. The second kappa shape index (κ2) is 6.82. The largest absolute Gasteiger partial charge is 0.339 e. The molecule has 0 unspecified atom stereocenters. The van der Waals surface area contributed by atoms with E-state index in [4.69, 9.17) is 0 Å². The molecule has 3 aliphatic heterocycles. The van der Waals surface area contributed by atoms with Crippen LogP contribution in [0.2, 0.25) is 0 Å². The number of nitrogens with zero attached hydrogens (tertiary/aromatic N) is 3. The van der Waals surface area contributed by atoms with Crippen LogP contribution >= 0.6 is 0 Å². The number of hydrogen-bond acceptors (Lipinski definition) is 4. The van der Waals surface area contributed by atoms with Crippen molar-refractivity contribution in [3.8, 4) is 0 Å². The summed E-state index contributed by atoms with van der Waals surface area (Å²) >= 11 is 0. The van der Waals surface area contributed by atoms with Gasteiger partial charge in [0, 0.05) is 51.2 Å². The zero-order valence-electron chi connectivity index (χ0n) is 16.1. The molecule has 2 atom stereocenters. The molecule has 0 saturated carbocycles. The Kier molecular flexibility index (Phi) is 5.21. The van der Waals surface area contributed by atoms with Gasteiger partial charge >= 0.3 is 0 Å². The van der Waals surface area contributed by atoms with E-state index >= 15 is 0 Å². The standard InChI is InChI=1S/C18H33N3O3S/c1-5-10-25(23,24)21-8-6-18(7-9-21)16-13-20(11-14(2)3)12-15(16)17(22)19(18)4/h14-16H,5-13H2,1-4H3/t15-,16+/m1/s1. The lowest BCUT2D eigenvalue weighted by molar-refractivity contribution is -0.133. The van der Waals surface area contributed by atoms with Crippen LogP contribution < -0.4 is 0 Å². The fourth-order valence-electron chi connectivity index (χ4n) is 5.31. The Hall–Kier alpha value is -0.660. The molecule has 1 amide bonds. The lowest BCUT2D eigenvalue weighted by Crippen LogP contribution is -2.56. The number of rotatable bonds is 5. The number of amides is 1. The molecule has 0 aromatic carbocycles. The van der Waals surface area contributed by atoms with Crippen LogP contribution in [-0.4, -0.2) is 79.5 Å². The maximum Gasteiger partial charge on any atom is 0.227 e. The van der Waals surface area contributed by atoms with Crippen molar-refractivity contribution in [2.45, 2.75) is 45.6 Å². The van der Waals surface area contributed by atoms with Crippen LogP contribution in [0.3, 0.4) is 0 Å². The van der Waals surface area contributed by atoms with Gasteiger partial charge in [-0.2, -0.15) is 0 Å². The lowest BCUT2D eigenvalue weighted by Gasteiger charge is -2.46. The summed E-state index contributed by atoms with van der Waals surface area (Å²) < 4.78 is 26.4.